The summed E-state index contributed by atoms with van der Waals surface area (Å²) in [6, 6.07) is 6.87. The zero-order chi connectivity index (χ0) is 32.5. The van der Waals surface area contributed by atoms with Gasteiger partial charge in [-0.3, -0.25) is 4.79 Å². The third-order valence-electron chi connectivity index (χ3n) is 7.31. The quantitative estimate of drug-likeness (QED) is 0.148. The number of nitrogens with one attached hydrogen (secondary N) is 1. The molecule has 4 atom stereocenters. The maximum absolute atomic E-state index is 13.0. The molecule has 4 unspecified atom stereocenters. The van der Waals surface area contributed by atoms with Gasteiger partial charge in [0.1, 0.15) is 17.4 Å². The molecule has 1 aliphatic heterocycles. The van der Waals surface area contributed by atoms with E-state index in [2.05, 4.69) is 5.32 Å². The van der Waals surface area contributed by atoms with E-state index in [4.69, 9.17) is 29.1 Å². The Kier molecular flexibility index (Phi) is 11.3. The minimum atomic E-state index is -1.52. The van der Waals surface area contributed by atoms with Crippen LogP contribution in [0.1, 0.15) is 49.2 Å². The van der Waals surface area contributed by atoms with Crippen molar-refractivity contribution in [2.24, 2.45) is 5.73 Å². The Morgan fingerprint density at radius 2 is 1.89 bits per heavy atom. The maximum atomic E-state index is 13.0. The summed E-state index contributed by atoms with van der Waals surface area (Å²) < 4.78 is 27.8. The molecule has 236 valence electrons. The van der Waals surface area contributed by atoms with Gasteiger partial charge in [0.05, 0.1) is 11.0 Å². The van der Waals surface area contributed by atoms with Crippen LogP contribution in [-0.2, 0) is 20.6 Å². The number of ether oxygens (including phenoxy) is 4. The first-order chi connectivity index (χ1) is 20.6. The normalized spacial score (nSPS) is 20.5. The smallest absolute Gasteiger partial charge is 0.872 e. The van der Waals surface area contributed by atoms with E-state index < -0.39 is 59.3 Å². The average molecular weight is 635 g/mol. The van der Waals surface area contributed by atoms with Crippen molar-refractivity contribution >= 4 is 28.7 Å². The Morgan fingerprint density at radius 3 is 2.51 bits per heavy atom. The molecule has 1 aliphatic rings. The van der Waals surface area contributed by atoms with Crippen molar-refractivity contribution in [3.63, 3.8) is 0 Å². The fourth-order valence-corrected chi connectivity index (χ4v) is 5.05. The molecular weight excluding hydrogens is 599 g/mol. The summed E-state index contributed by atoms with van der Waals surface area (Å²) in [5, 5.41) is 36.6. The molecule has 3 aromatic rings. The molecule has 45 heavy (non-hydrogen) atoms. The zero-order valence-corrected chi connectivity index (χ0v) is 28.1. The van der Waals surface area contributed by atoms with Crippen LogP contribution in [0.5, 0.6) is 17.2 Å². The number of aryl methyl sites for hydroxylation is 1. The standard InChI is InChI=1S/C31H36N2O11.Na/c1-14(2)7-8-16-13-17(9-11-19(16)34)27(37)33-21-22(35)18-10-12-20(15(3)24(18)42-28(21)38)41-29-23(36)25(43-30(32)39)26(40-6)31(4,5)44-29;/h7,9-13,23,25-26,29,34-36H,8H2,1-6H3,(H2,32,39)(H,33,37);/q;+1/p-1. The summed E-state index contributed by atoms with van der Waals surface area (Å²) in [5.41, 5.74) is 4.31. The Labute approximate surface area is 281 Å². The predicted molar refractivity (Wildman–Crippen MR) is 157 cm³/mol. The number of nitrogens with two attached hydrogens (primary N) is 1. The molecule has 0 spiro atoms. The number of aliphatic hydroxyl groups is 1. The Bertz CT molecular complexity index is 1680. The van der Waals surface area contributed by atoms with Crippen LogP contribution in [0.4, 0.5) is 10.5 Å². The molecule has 1 aromatic heterocycles. The van der Waals surface area contributed by atoms with E-state index >= 15 is 0 Å². The van der Waals surface area contributed by atoms with Gasteiger partial charge in [0.25, 0.3) is 5.91 Å². The minimum absolute atomic E-state index is 0. The van der Waals surface area contributed by atoms with E-state index in [1.165, 1.54) is 37.4 Å². The third kappa shape index (κ3) is 7.63. The monoisotopic (exact) mass is 634 g/mol. The van der Waals surface area contributed by atoms with Gasteiger partial charge in [-0.05, 0) is 59.2 Å². The molecule has 13 nitrogen and oxygen atoms in total. The molecular formula is C31H35N2NaO11. The van der Waals surface area contributed by atoms with Gasteiger partial charge in [0.15, 0.2) is 23.6 Å². The average Bonchev–Trinajstić information content (AvgIpc) is 2.94. The number of carbonyl (C=O) groups excluding carboxylic acids is 2. The van der Waals surface area contributed by atoms with E-state index in [9.17, 15) is 29.7 Å². The van der Waals surface area contributed by atoms with Crippen LogP contribution < -0.4 is 56.1 Å². The first-order valence-corrected chi connectivity index (χ1v) is 13.7. The van der Waals surface area contributed by atoms with Gasteiger partial charge in [-0.1, -0.05) is 29.3 Å². The van der Waals surface area contributed by atoms with Crippen LogP contribution in [0, 0.1) is 6.92 Å². The molecule has 14 heteroatoms. The van der Waals surface area contributed by atoms with Crippen molar-refractivity contribution in [3.05, 3.63) is 69.1 Å². The first-order valence-electron chi connectivity index (χ1n) is 13.7. The number of allylic oxidation sites excluding steroid dienone is 2. The van der Waals surface area contributed by atoms with Crippen LogP contribution in [0.2, 0.25) is 0 Å². The summed E-state index contributed by atoms with van der Waals surface area (Å²) in [4.78, 5) is 37.5. The number of carbonyl (C=O) groups is 2. The van der Waals surface area contributed by atoms with Crippen LogP contribution in [-0.4, -0.2) is 59.5 Å². The number of benzene rings is 2. The molecule has 0 saturated carbocycles. The van der Waals surface area contributed by atoms with Gasteiger partial charge in [-0.15, -0.1) is 5.75 Å². The second-order valence-electron chi connectivity index (χ2n) is 11.2. The van der Waals surface area contributed by atoms with E-state index in [0.717, 1.165) is 5.57 Å². The number of aliphatic hydroxyl groups excluding tert-OH is 1. The molecule has 2 heterocycles. The Hall–Kier alpha value is -3.59. The van der Waals surface area contributed by atoms with E-state index in [1.807, 2.05) is 19.9 Å². The van der Waals surface area contributed by atoms with Crippen molar-refractivity contribution in [2.75, 3.05) is 12.4 Å². The number of fused-ring (bicyclic) bond motifs is 1. The van der Waals surface area contributed by atoms with Gasteiger partial charge in [-0.25, -0.2) is 9.59 Å². The topological polar surface area (TPSA) is 203 Å². The second-order valence-corrected chi connectivity index (χ2v) is 11.2. The van der Waals surface area contributed by atoms with Crippen molar-refractivity contribution in [3.8, 4) is 17.2 Å². The van der Waals surface area contributed by atoms with E-state index in [0.29, 0.717) is 12.0 Å². The zero-order valence-electron chi connectivity index (χ0n) is 26.1. The summed E-state index contributed by atoms with van der Waals surface area (Å²) in [6.07, 6.45) is -3.93. The minimum Gasteiger partial charge on any atom is -0.872 e. The number of aromatic hydroxyl groups is 1. The number of rotatable bonds is 8. The summed E-state index contributed by atoms with van der Waals surface area (Å²) in [5.74, 6) is -1.38. The van der Waals surface area contributed by atoms with Crippen molar-refractivity contribution in [2.45, 2.75) is 71.2 Å². The van der Waals surface area contributed by atoms with Gasteiger partial charge in [0, 0.05) is 18.2 Å². The van der Waals surface area contributed by atoms with Crippen molar-refractivity contribution < 1.29 is 77.8 Å². The number of primary amides is 1. The Balaban J connectivity index is 0.00000552. The van der Waals surface area contributed by atoms with Gasteiger partial charge < -0.3 is 49.7 Å². The molecule has 1 saturated heterocycles. The largest absolute Gasteiger partial charge is 1.00 e. The van der Waals surface area contributed by atoms with Crippen LogP contribution in [0.25, 0.3) is 11.0 Å². The van der Waals surface area contributed by atoms with E-state index in [1.54, 1.807) is 20.8 Å². The number of amides is 2. The molecule has 2 aromatic carbocycles. The first kappa shape index (κ1) is 35.9. The molecule has 5 N–H and O–H groups in total. The van der Waals surface area contributed by atoms with Crippen molar-refractivity contribution in [1.82, 2.24) is 0 Å². The summed E-state index contributed by atoms with van der Waals surface area (Å²) in [7, 11) is 1.37. The van der Waals surface area contributed by atoms with Gasteiger partial charge in [0.2, 0.25) is 6.29 Å². The van der Waals surface area contributed by atoms with Gasteiger partial charge in [-0.2, -0.15) is 0 Å². The SMILES string of the molecule is COC1C(OC(N)=O)C(O)C(Oc2ccc3c(O)c(NC(=O)c4ccc([O-])c(CC=C(C)C)c4)c(=O)oc3c2C)OC1(C)C.[Na+]. The fraction of sp³-hybridized carbons (Fsp3) is 0.387. The summed E-state index contributed by atoms with van der Waals surface area (Å²) >= 11 is 0. The van der Waals surface area contributed by atoms with E-state index in [-0.39, 0.29) is 63.2 Å². The predicted octanol–water partition coefficient (Wildman–Crippen LogP) is -0.000880. The second kappa shape index (κ2) is 14.2. The molecule has 0 bridgehead atoms. The summed E-state index contributed by atoms with van der Waals surface area (Å²) in [6.45, 7) is 8.63. The number of hydrogen-bond acceptors (Lipinski definition) is 11. The number of methoxy groups -OCH3 is 1. The Morgan fingerprint density at radius 1 is 1.20 bits per heavy atom. The number of hydrogen-bond donors (Lipinski definition) is 4. The van der Waals surface area contributed by atoms with Gasteiger partial charge >= 0.3 is 41.3 Å². The molecule has 4 rings (SSSR count). The maximum Gasteiger partial charge on any atom is 1.00 e. The molecule has 1 fully saturated rings. The fourth-order valence-electron chi connectivity index (χ4n) is 5.05. The van der Waals surface area contributed by atoms with Crippen LogP contribution >= 0.6 is 0 Å². The number of anilines is 1. The third-order valence-corrected chi connectivity index (χ3v) is 7.31. The molecule has 0 aliphatic carbocycles. The van der Waals surface area contributed by atoms with Crippen molar-refractivity contribution in [1.29, 1.82) is 0 Å². The van der Waals surface area contributed by atoms with Crippen LogP contribution in [0.15, 0.2) is 51.2 Å². The van der Waals surface area contributed by atoms with Crippen LogP contribution in [0.3, 0.4) is 0 Å². The molecule has 0 radical (unpaired) electrons. The molecule has 2 amide bonds.